The molecule has 0 bridgehead atoms. The Hall–Kier alpha value is -1.44. The van der Waals surface area contributed by atoms with Crippen LogP contribution in [0.15, 0.2) is 29.2 Å². The van der Waals surface area contributed by atoms with E-state index in [1.54, 1.807) is 32.9 Å². The van der Waals surface area contributed by atoms with Crippen molar-refractivity contribution in [3.05, 3.63) is 29.8 Å². The molecule has 0 heterocycles. The molecule has 1 atom stereocenters. The number of sulfonamides is 1. The van der Waals surface area contributed by atoms with E-state index in [4.69, 9.17) is 4.74 Å². The molecule has 0 aliphatic heterocycles. The number of aliphatic hydroxyl groups is 1. The maximum Gasteiger partial charge on any atom is 0.321 e. The predicted octanol–water partition coefficient (Wildman–Crippen LogP) is 1.31. The Morgan fingerprint density at radius 1 is 1.38 bits per heavy atom. The maximum atomic E-state index is 12.5. The Morgan fingerprint density at radius 2 is 2.05 bits per heavy atom. The lowest BCUT2D eigenvalue weighted by Crippen LogP contribution is -2.36. The predicted molar refractivity (Wildman–Crippen MR) is 78.1 cm³/mol. The van der Waals surface area contributed by atoms with Gasteiger partial charge in [0.2, 0.25) is 10.0 Å². The Morgan fingerprint density at radius 3 is 2.57 bits per heavy atom. The van der Waals surface area contributed by atoms with Crippen molar-refractivity contribution in [3.63, 3.8) is 0 Å². The van der Waals surface area contributed by atoms with E-state index in [0.29, 0.717) is 5.56 Å². The minimum atomic E-state index is -3.80. The summed E-state index contributed by atoms with van der Waals surface area (Å²) >= 11 is 0. The van der Waals surface area contributed by atoms with Crippen molar-refractivity contribution < 1.29 is 23.1 Å². The second-order valence-electron chi connectivity index (χ2n) is 4.48. The van der Waals surface area contributed by atoms with E-state index in [1.165, 1.54) is 12.1 Å². The molecule has 1 N–H and O–H groups in total. The molecule has 1 aromatic carbocycles. The van der Waals surface area contributed by atoms with Crippen LogP contribution < -0.4 is 0 Å². The van der Waals surface area contributed by atoms with Crippen LogP contribution in [0.3, 0.4) is 0 Å². The van der Waals surface area contributed by atoms with Crippen LogP contribution in [-0.2, 0) is 19.6 Å². The summed E-state index contributed by atoms with van der Waals surface area (Å²) < 4.78 is 30.9. The fourth-order valence-corrected chi connectivity index (χ4v) is 3.25. The fourth-order valence-electron chi connectivity index (χ4n) is 1.80. The average molecular weight is 315 g/mol. The first kappa shape index (κ1) is 17.6. The zero-order valence-corrected chi connectivity index (χ0v) is 13.3. The van der Waals surface area contributed by atoms with E-state index in [2.05, 4.69) is 0 Å². The lowest BCUT2D eigenvalue weighted by atomic mass is 10.1. The van der Waals surface area contributed by atoms with Gasteiger partial charge in [-0.1, -0.05) is 19.1 Å². The third kappa shape index (κ3) is 4.52. The Kier molecular flexibility index (Phi) is 6.32. The molecular weight excluding hydrogens is 294 g/mol. The van der Waals surface area contributed by atoms with Gasteiger partial charge in [0.25, 0.3) is 0 Å². The van der Waals surface area contributed by atoms with Gasteiger partial charge in [0, 0.05) is 6.54 Å². The standard InChI is InChI=1S/C14H21NO5S/c1-4-15(10-14(17)20-5-2)21(18,19)13-8-6-7-12(9-13)11(3)16/h6-9,11,16H,4-5,10H2,1-3H3. The molecule has 1 unspecified atom stereocenters. The average Bonchev–Trinajstić information content (AvgIpc) is 2.45. The SMILES string of the molecule is CCOC(=O)CN(CC)S(=O)(=O)c1cccc(C(C)O)c1. The zero-order valence-electron chi connectivity index (χ0n) is 12.4. The van der Waals surface area contributed by atoms with Gasteiger partial charge < -0.3 is 9.84 Å². The number of benzene rings is 1. The van der Waals surface area contributed by atoms with E-state index in [-0.39, 0.29) is 24.6 Å². The molecule has 1 aromatic rings. The summed E-state index contributed by atoms with van der Waals surface area (Å²) in [6.07, 6.45) is -0.764. The third-order valence-corrected chi connectivity index (χ3v) is 4.86. The summed E-state index contributed by atoms with van der Waals surface area (Å²) in [6, 6.07) is 6.06. The molecule has 0 saturated heterocycles. The largest absolute Gasteiger partial charge is 0.465 e. The van der Waals surface area contributed by atoms with Crippen molar-refractivity contribution in [3.8, 4) is 0 Å². The molecule has 0 spiro atoms. The summed E-state index contributed by atoms with van der Waals surface area (Å²) in [4.78, 5) is 11.5. The quantitative estimate of drug-likeness (QED) is 0.767. The first-order chi connectivity index (χ1) is 9.82. The van der Waals surface area contributed by atoms with Crippen molar-refractivity contribution in [2.75, 3.05) is 19.7 Å². The van der Waals surface area contributed by atoms with Crippen LogP contribution in [0.25, 0.3) is 0 Å². The zero-order chi connectivity index (χ0) is 16.0. The second kappa shape index (κ2) is 7.53. The van der Waals surface area contributed by atoms with E-state index in [9.17, 15) is 18.3 Å². The normalized spacial score (nSPS) is 13.2. The van der Waals surface area contributed by atoms with Gasteiger partial charge in [0.15, 0.2) is 0 Å². The highest BCUT2D eigenvalue weighted by molar-refractivity contribution is 7.89. The van der Waals surface area contributed by atoms with Crippen molar-refractivity contribution in [2.24, 2.45) is 0 Å². The van der Waals surface area contributed by atoms with E-state index < -0.39 is 22.1 Å². The third-order valence-electron chi connectivity index (χ3n) is 2.94. The first-order valence-corrected chi connectivity index (χ1v) is 8.20. The molecule has 21 heavy (non-hydrogen) atoms. The Balaban J connectivity index is 3.07. The van der Waals surface area contributed by atoms with E-state index in [0.717, 1.165) is 4.31 Å². The van der Waals surface area contributed by atoms with Crippen molar-refractivity contribution in [1.82, 2.24) is 4.31 Å². The summed E-state index contributed by atoms with van der Waals surface area (Å²) in [7, 11) is -3.80. The van der Waals surface area contributed by atoms with Crippen LogP contribution in [0.5, 0.6) is 0 Å². The number of carbonyl (C=O) groups is 1. The number of likely N-dealkylation sites (N-methyl/N-ethyl adjacent to an activating group) is 1. The number of aliphatic hydroxyl groups excluding tert-OH is 1. The number of ether oxygens (including phenoxy) is 1. The molecule has 0 aromatic heterocycles. The molecule has 0 aliphatic carbocycles. The van der Waals surface area contributed by atoms with Gasteiger partial charge in [0.1, 0.15) is 6.54 Å². The molecule has 118 valence electrons. The first-order valence-electron chi connectivity index (χ1n) is 6.76. The number of hydrogen-bond acceptors (Lipinski definition) is 5. The van der Waals surface area contributed by atoms with Gasteiger partial charge in [-0.15, -0.1) is 0 Å². The molecule has 6 nitrogen and oxygen atoms in total. The smallest absolute Gasteiger partial charge is 0.321 e. The summed E-state index contributed by atoms with van der Waals surface area (Å²) in [5.41, 5.74) is 0.503. The number of hydrogen-bond donors (Lipinski definition) is 1. The Bertz CT molecular complexity index is 583. The molecule has 1 rings (SSSR count). The van der Waals surface area contributed by atoms with Gasteiger partial charge in [-0.3, -0.25) is 4.79 Å². The van der Waals surface area contributed by atoms with E-state index >= 15 is 0 Å². The fraction of sp³-hybridized carbons (Fsp3) is 0.500. The summed E-state index contributed by atoms with van der Waals surface area (Å²) in [5, 5.41) is 9.54. The molecule has 0 radical (unpaired) electrons. The highest BCUT2D eigenvalue weighted by atomic mass is 32.2. The number of rotatable bonds is 7. The maximum absolute atomic E-state index is 12.5. The molecule has 0 amide bonds. The highest BCUT2D eigenvalue weighted by Gasteiger charge is 2.26. The number of carbonyl (C=O) groups excluding carboxylic acids is 1. The van der Waals surface area contributed by atoms with Crippen LogP contribution in [0.1, 0.15) is 32.4 Å². The van der Waals surface area contributed by atoms with Gasteiger partial charge >= 0.3 is 5.97 Å². The van der Waals surface area contributed by atoms with Crippen molar-refractivity contribution in [2.45, 2.75) is 31.8 Å². The van der Waals surface area contributed by atoms with Gasteiger partial charge in [0.05, 0.1) is 17.6 Å². The molecule has 0 fully saturated rings. The van der Waals surface area contributed by atoms with E-state index in [1.807, 2.05) is 0 Å². The van der Waals surface area contributed by atoms with Crippen molar-refractivity contribution in [1.29, 1.82) is 0 Å². The van der Waals surface area contributed by atoms with Gasteiger partial charge in [-0.05, 0) is 31.5 Å². The monoisotopic (exact) mass is 315 g/mol. The number of esters is 1. The molecular formula is C14H21NO5S. The highest BCUT2D eigenvalue weighted by Crippen LogP contribution is 2.20. The van der Waals surface area contributed by atoms with Gasteiger partial charge in [-0.25, -0.2) is 8.42 Å². The topological polar surface area (TPSA) is 83.9 Å². The minimum Gasteiger partial charge on any atom is -0.465 e. The summed E-state index contributed by atoms with van der Waals surface area (Å²) in [6.45, 7) is 4.89. The van der Waals surface area contributed by atoms with Crippen LogP contribution in [0, 0.1) is 0 Å². The van der Waals surface area contributed by atoms with Crippen LogP contribution in [0.2, 0.25) is 0 Å². The minimum absolute atomic E-state index is 0.0482. The van der Waals surface area contributed by atoms with Crippen LogP contribution in [-0.4, -0.2) is 43.5 Å². The van der Waals surface area contributed by atoms with Crippen LogP contribution >= 0.6 is 0 Å². The lowest BCUT2D eigenvalue weighted by molar-refractivity contribution is -0.143. The second-order valence-corrected chi connectivity index (χ2v) is 6.42. The molecule has 7 heteroatoms. The summed E-state index contributed by atoms with van der Waals surface area (Å²) in [5.74, 6) is -0.588. The van der Waals surface area contributed by atoms with Crippen molar-refractivity contribution >= 4 is 16.0 Å². The van der Waals surface area contributed by atoms with Crippen LogP contribution in [0.4, 0.5) is 0 Å². The molecule has 0 saturated carbocycles. The van der Waals surface area contributed by atoms with Gasteiger partial charge in [-0.2, -0.15) is 4.31 Å². The lowest BCUT2D eigenvalue weighted by Gasteiger charge is -2.20. The number of nitrogens with zero attached hydrogens (tertiary/aromatic N) is 1. The Labute approximate surface area is 125 Å². The molecule has 0 aliphatic rings.